The Bertz CT molecular complexity index is 754. The van der Waals surface area contributed by atoms with Crippen molar-refractivity contribution in [1.82, 2.24) is 15.5 Å². The molecule has 152 valence electrons. The van der Waals surface area contributed by atoms with Crippen molar-refractivity contribution in [3.8, 4) is 5.75 Å². The first-order chi connectivity index (χ1) is 13.5. The van der Waals surface area contributed by atoms with Crippen LogP contribution in [0, 0.1) is 0 Å². The van der Waals surface area contributed by atoms with Crippen molar-refractivity contribution in [3.05, 3.63) is 23.8 Å². The van der Waals surface area contributed by atoms with Crippen LogP contribution in [0.4, 0.5) is 5.69 Å². The minimum atomic E-state index is -0.189. The van der Waals surface area contributed by atoms with Crippen molar-refractivity contribution in [2.24, 2.45) is 0 Å². The molecule has 0 spiro atoms. The number of hydrogen-bond acceptors (Lipinski definition) is 6. The zero-order valence-corrected chi connectivity index (χ0v) is 16.2. The summed E-state index contributed by atoms with van der Waals surface area (Å²) in [5, 5.41) is 5.50. The minimum Gasteiger partial charge on any atom is -0.489 e. The molecular weight excluding hydrogens is 364 g/mol. The highest BCUT2D eigenvalue weighted by Crippen LogP contribution is 2.34. The van der Waals surface area contributed by atoms with E-state index in [1.54, 1.807) is 30.2 Å². The maximum Gasteiger partial charge on any atom is 0.251 e. The monoisotopic (exact) mass is 390 g/mol. The highest BCUT2D eigenvalue weighted by Gasteiger charge is 2.30. The number of benzene rings is 1. The van der Waals surface area contributed by atoms with Gasteiger partial charge in [0.15, 0.2) is 0 Å². The van der Waals surface area contributed by atoms with E-state index >= 15 is 0 Å². The Balaban J connectivity index is 1.66. The van der Waals surface area contributed by atoms with Gasteiger partial charge in [0.1, 0.15) is 12.4 Å². The van der Waals surface area contributed by atoms with E-state index in [-0.39, 0.29) is 36.7 Å². The van der Waals surface area contributed by atoms with Gasteiger partial charge in [-0.25, -0.2) is 0 Å². The van der Waals surface area contributed by atoms with Crippen LogP contribution in [0.3, 0.4) is 0 Å². The van der Waals surface area contributed by atoms with Crippen molar-refractivity contribution in [3.63, 3.8) is 0 Å². The van der Waals surface area contributed by atoms with E-state index in [1.165, 1.54) is 0 Å². The lowest BCUT2D eigenvalue weighted by Crippen LogP contribution is -2.52. The quantitative estimate of drug-likeness (QED) is 0.642. The highest BCUT2D eigenvalue weighted by molar-refractivity contribution is 5.95. The summed E-state index contributed by atoms with van der Waals surface area (Å²) in [4.78, 5) is 39.9. The van der Waals surface area contributed by atoms with Crippen LogP contribution in [0.15, 0.2) is 18.2 Å². The van der Waals surface area contributed by atoms with Crippen molar-refractivity contribution >= 4 is 23.4 Å². The predicted molar refractivity (Wildman–Crippen MR) is 103 cm³/mol. The molecule has 28 heavy (non-hydrogen) atoms. The molecule has 1 saturated heterocycles. The smallest absolute Gasteiger partial charge is 0.251 e. The number of likely N-dealkylation sites (N-methyl/N-ethyl adjacent to an activating group) is 1. The van der Waals surface area contributed by atoms with Gasteiger partial charge in [-0.1, -0.05) is 0 Å². The lowest BCUT2D eigenvalue weighted by molar-refractivity contribution is -0.138. The maximum atomic E-state index is 12.6. The summed E-state index contributed by atoms with van der Waals surface area (Å²) >= 11 is 0. The number of carbonyl (C=O) groups is 3. The van der Waals surface area contributed by atoms with Gasteiger partial charge in [0, 0.05) is 39.4 Å². The van der Waals surface area contributed by atoms with Crippen molar-refractivity contribution < 1.29 is 23.9 Å². The number of piperazine rings is 1. The number of ether oxygens (including phenoxy) is 2. The normalized spacial score (nSPS) is 18.8. The molecule has 0 unspecified atom stereocenters. The van der Waals surface area contributed by atoms with Crippen molar-refractivity contribution in [2.75, 3.05) is 58.5 Å². The van der Waals surface area contributed by atoms with Gasteiger partial charge < -0.3 is 29.9 Å². The van der Waals surface area contributed by atoms with Gasteiger partial charge in [-0.2, -0.15) is 0 Å². The fraction of sp³-hybridized carbons (Fsp3) is 0.526. The first-order valence-electron chi connectivity index (χ1n) is 9.31. The zero-order chi connectivity index (χ0) is 20.1. The molecule has 1 fully saturated rings. The Morgan fingerprint density at radius 1 is 1.39 bits per heavy atom. The summed E-state index contributed by atoms with van der Waals surface area (Å²) in [5.41, 5.74) is 1.28. The minimum absolute atomic E-state index is 0.0767. The molecular formula is C19H26N4O5. The average molecular weight is 390 g/mol. The van der Waals surface area contributed by atoms with Crippen molar-refractivity contribution in [2.45, 2.75) is 12.5 Å². The maximum absolute atomic E-state index is 12.6. The molecule has 9 heteroatoms. The molecule has 0 aromatic heterocycles. The summed E-state index contributed by atoms with van der Waals surface area (Å²) in [5.74, 6) is 0.275. The van der Waals surface area contributed by atoms with E-state index in [2.05, 4.69) is 10.6 Å². The van der Waals surface area contributed by atoms with Gasteiger partial charge in [-0.3, -0.25) is 14.4 Å². The van der Waals surface area contributed by atoms with Crippen LogP contribution in [-0.4, -0.2) is 82.2 Å². The molecule has 3 rings (SSSR count). The second kappa shape index (κ2) is 8.92. The molecule has 1 atom stereocenters. The average Bonchev–Trinajstić information content (AvgIpc) is 2.70. The van der Waals surface area contributed by atoms with E-state index in [1.807, 2.05) is 11.9 Å². The lowest BCUT2D eigenvalue weighted by Gasteiger charge is -2.37. The number of nitrogens with zero attached hydrogens (tertiary/aromatic N) is 2. The largest absolute Gasteiger partial charge is 0.489 e. The molecule has 0 radical (unpaired) electrons. The predicted octanol–water partition coefficient (Wildman–Crippen LogP) is -0.391. The van der Waals surface area contributed by atoms with E-state index in [0.29, 0.717) is 44.2 Å². The number of nitrogens with one attached hydrogen (secondary N) is 2. The SMILES string of the molecule is COCCNC(=O)c1ccc2c(c1)N(C)[C@H](CC(=O)N1CCNC(=O)C1)CO2. The van der Waals surface area contributed by atoms with Crippen LogP contribution in [0.2, 0.25) is 0 Å². The van der Waals surface area contributed by atoms with Gasteiger partial charge >= 0.3 is 0 Å². The van der Waals surface area contributed by atoms with Crippen LogP contribution in [0.25, 0.3) is 0 Å². The van der Waals surface area contributed by atoms with Gasteiger partial charge in [-0.15, -0.1) is 0 Å². The summed E-state index contributed by atoms with van der Waals surface area (Å²) in [6.45, 7) is 2.33. The van der Waals surface area contributed by atoms with Crippen LogP contribution in [0.1, 0.15) is 16.8 Å². The third-order valence-electron chi connectivity index (χ3n) is 4.97. The number of amides is 3. The molecule has 3 amide bonds. The summed E-state index contributed by atoms with van der Waals surface area (Å²) < 4.78 is 10.7. The number of hydrogen-bond donors (Lipinski definition) is 2. The highest BCUT2D eigenvalue weighted by atomic mass is 16.5. The summed E-state index contributed by atoms with van der Waals surface area (Å²) in [6.07, 6.45) is 0.244. The molecule has 0 aliphatic carbocycles. The Morgan fingerprint density at radius 3 is 2.96 bits per heavy atom. The Hall–Kier alpha value is -2.81. The molecule has 1 aromatic carbocycles. The fourth-order valence-corrected chi connectivity index (χ4v) is 3.30. The number of fused-ring (bicyclic) bond motifs is 1. The van der Waals surface area contributed by atoms with E-state index in [0.717, 1.165) is 5.69 Å². The lowest BCUT2D eigenvalue weighted by atomic mass is 10.1. The van der Waals surface area contributed by atoms with Crippen LogP contribution < -0.4 is 20.3 Å². The standard InChI is InChI=1S/C19H26N4O5/c1-22-14(10-18(25)23-7-5-20-17(24)11-23)12-28-16-4-3-13(9-15(16)22)19(26)21-6-8-27-2/h3-4,9,14H,5-8,10-12H2,1-2H3,(H,20,24)(H,21,26)/t14-/m1/s1. The third kappa shape index (κ3) is 4.53. The molecule has 2 aliphatic rings. The van der Waals surface area contributed by atoms with Crippen LogP contribution >= 0.6 is 0 Å². The van der Waals surface area contributed by atoms with E-state index in [4.69, 9.17) is 9.47 Å². The molecule has 9 nitrogen and oxygen atoms in total. The van der Waals surface area contributed by atoms with Crippen LogP contribution in [0.5, 0.6) is 5.75 Å². The third-order valence-corrected chi connectivity index (χ3v) is 4.97. The number of anilines is 1. The topological polar surface area (TPSA) is 100 Å². The number of rotatable bonds is 6. The molecule has 0 bridgehead atoms. The molecule has 2 heterocycles. The molecule has 1 aromatic rings. The van der Waals surface area contributed by atoms with Crippen LogP contribution in [-0.2, 0) is 14.3 Å². The van der Waals surface area contributed by atoms with E-state index < -0.39 is 0 Å². The van der Waals surface area contributed by atoms with Gasteiger partial charge in [0.05, 0.1) is 31.3 Å². The van der Waals surface area contributed by atoms with Gasteiger partial charge in [0.25, 0.3) is 5.91 Å². The van der Waals surface area contributed by atoms with Gasteiger partial charge in [0.2, 0.25) is 11.8 Å². The number of methoxy groups -OCH3 is 1. The van der Waals surface area contributed by atoms with Gasteiger partial charge in [-0.05, 0) is 18.2 Å². The first kappa shape index (κ1) is 19.9. The Morgan fingerprint density at radius 2 is 2.21 bits per heavy atom. The molecule has 2 aliphatic heterocycles. The summed E-state index contributed by atoms with van der Waals surface area (Å²) in [6, 6.07) is 5.08. The fourth-order valence-electron chi connectivity index (χ4n) is 3.30. The second-order valence-corrected chi connectivity index (χ2v) is 6.88. The Kier molecular flexibility index (Phi) is 6.35. The van der Waals surface area contributed by atoms with E-state index in [9.17, 15) is 14.4 Å². The molecule has 2 N–H and O–H groups in total. The van der Waals surface area contributed by atoms with Crippen molar-refractivity contribution in [1.29, 1.82) is 0 Å². The number of carbonyl (C=O) groups excluding carboxylic acids is 3. The Labute approximate surface area is 163 Å². The zero-order valence-electron chi connectivity index (χ0n) is 16.2. The first-order valence-corrected chi connectivity index (χ1v) is 9.31. The summed E-state index contributed by atoms with van der Waals surface area (Å²) in [7, 11) is 3.46. The molecule has 0 saturated carbocycles. The second-order valence-electron chi connectivity index (χ2n) is 6.88.